The Bertz CT molecular complexity index is 575. The number of pyridine rings is 1. The lowest BCUT2D eigenvalue weighted by Crippen LogP contribution is -2.13. The molecule has 0 amide bonds. The highest BCUT2D eigenvalue weighted by molar-refractivity contribution is 5.34. The van der Waals surface area contributed by atoms with Crippen LogP contribution in [0.25, 0.3) is 0 Å². The highest BCUT2D eigenvalue weighted by atomic mass is 19.1. The van der Waals surface area contributed by atoms with Crippen molar-refractivity contribution in [3.63, 3.8) is 0 Å². The van der Waals surface area contributed by atoms with Gasteiger partial charge in [0.25, 0.3) is 0 Å². The molecule has 0 aliphatic carbocycles. The summed E-state index contributed by atoms with van der Waals surface area (Å²) in [4.78, 5) is 4.00. The molecule has 18 heavy (non-hydrogen) atoms. The summed E-state index contributed by atoms with van der Waals surface area (Å²) in [6, 6.07) is 9.81. The van der Waals surface area contributed by atoms with Crippen LogP contribution in [-0.4, -0.2) is 4.98 Å². The minimum Gasteiger partial charge on any atom is -0.324 e. The largest absolute Gasteiger partial charge is 0.324 e. The first-order chi connectivity index (χ1) is 8.70. The zero-order valence-corrected chi connectivity index (χ0v) is 9.68. The van der Waals surface area contributed by atoms with E-state index in [9.17, 15) is 4.39 Å². The summed E-state index contributed by atoms with van der Waals surface area (Å²) in [5.41, 5.74) is 7.74. The first-order valence-corrected chi connectivity index (χ1v) is 5.54. The molecule has 0 radical (unpaired) electrons. The van der Waals surface area contributed by atoms with Crippen LogP contribution in [0.1, 0.15) is 22.7 Å². The van der Waals surface area contributed by atoms with Gasteiger partial charge in [0.2, 0.25) is 0 Å². The number of halogens is 1. The third kappa shape index (κ3) is 2.70. The Morgan fingerprint density at radius 3 is 2.83 bits per heavy atom. The van der Waals surface area contributed by atoms with E-state index < -0.39 is 5.82 Å². The Balaban J connectivity index is 2.15. The number of nitrogens with two attached hydrogens (primary N) is 1. The molecule has 1 unspecified atom stereocenters. The predicted octanol–water partition coefficient (Wildman–Crippen LogP) is 2.33. The summed E-state index contributed by atoms with van der Waals surface area (Å²) in [5, 5.41) is 8.65. The van der Waals surface area contributed by atoms with Gasteiger partial charge in [-0.2, -0.15) is 5.26 Å². The van der Waals surface area contributed by atoms with Gasteiger partial charge in [0.15, 0.2) is 0 Å². The lowest BCUT2D eigenvalue weighted by molar-refractivity contribution is 0.618. The fourth-order valence-electron chi connectivity index (χ4n) is 1.74. The van der Waals surface area contributed by atoms with Gasteiger partial charge in [-0.15, -0.1) is 0 Å². The highest BCUT2D eigenvalue weighted by Gasteiger charge is 2.09. The van der Waals surface area contributed by atoms with Crippen LogP contribution in [0.3, 0.4) is 0 Å². The molecule has 0 aliphatic rings. The van der Waals surface area contributed by atoms with Gasteiger partial charge in [-0.3, -0.25) is 4.98 Å². The first-order valence-electron chi connectivity index (χ1n) is 5.54. The highest BCUT2D eigenvalue weighted by Crippen LogP contribution is 2.17. The van der Waals surface area contributed by atoms with Crippen LogP contribution in [0, 0.1) is 17.1 Å². The molecule has 1 aromatic heterocycles. The summed E-state index contributed by atoms with van der Waals surface area (Å²) >= 11 is 0. The van der Waals surface area contributed by atoms with E-state index in [0.29, 0.717) is 6.42 Å². The second kappa shape index (κ2) is 5.39. The first kappa shape index (κ1) is 12.2. The zero-order valence-electron chi connectivity index (χ0n) is 9.68. The van der Waals surface area contributed by atoms with E-state index in [0.717, 1.165) is 11.1 Å². The van der Waals surface area contributed by atoms with Crippen LogP contribution in [0.15, 0.2) is 42.7 Å². The Labute approximate surface area is 105 Å². The van der Waals surface area contributed by atoms with Crippen molar-refractivity contribution in [2.75, 3.05) is 0 Å². The predicted molar refractivity (Wildman–Crippen MR) is 66.0 cm³/mol. The lowest BCUT2D eigenvalue weighted by atomic mass is 10.00. The van der Waals surface area contributed by atoms with Crippen LogP contribution in [0.5, 0.6) is 0 Å². The molecule has 3 nitrogen and oxygen atoms in total. The summed E-state index contributed by atoms with van der Waals surface area (Å²) in [5.74, 6) is -0.506. The number of hydrogen-bond donors (Lipinski definition) is 1. The van der Waals surface area contributed by atoms with Crippen molar-refractivity contribution >= 4 is 0 Å². The molecule has 0 aliphatic heterocycles. The fourth-order valence-corrected chi connectivity index (χ4v) is 1.74. The van der Waals surface area contributed by atoms with E-state index in [2.05, 4.69) is 4.98 Å². The van der Waals surface area contributed by atoms with Crippen LogP contribution in [0.2, 0.25) is 0 Å². The molecule has 1 heterocycles. The van der Waals surface area contributed by atoms with Crippen molar-refractivity contribution in [3.05, 3.63) is 65.2 Å². The molecule has 0 saturated carbocycles. The van der Waals surface area contributed by atoms with E-state index in [4.69, 9.17) is 11.0 Å². The van der Waals surface area contributed by atoms with Crippen molar-refractivity contribution in [2.45, 2.75) is 12.5 Å². The zero-order chi connectivity index (χ0) is 13.0. The molecule has 90 valence electrons. The minimum absolute atomic E-state index is 0.0497. The van der Waals surface area contributed by atoms with E-state index >= 15 is 0 Å². The van der Waals surface area contributed by atoms with Gasteiger partial charge in [0.1, 0.15) is 11.9 Å². The monoisotopic (exact) mass is 241 g/mol. The van der Waals surface area contributed by atoms with Crippen LogP contribution >= 0.6 is 0 Å². The molecule has 0 bridgehead atoms. The maximum absolute atomic E-state index is 13.4. The average Bonchev–Trinajstić information content (AvgIpc) is 2.40. The van der Waals surface area contributed by atoms with Gasteiger partial charge in [-0.1, -0.05) is 12.1 Å². The van der Waals surface area contributed by atoms with Crippen molar-refractivity contribution in [2.24, 2.45) is 5.73 Å². The van der Waals surface area contributed by atoms with Crippen LogP contribution < -0.4 is 5.73 Å². The Morgan fingerprint density at radius 1 is 1.39 bits per heavy atom. The summed E-state index contributed by atoms with van der Waals surface area (Å²) < 4.78 is 13.4. The third-order valence-corrected chi connectivity index (χ3v) is 2.72. The second-order valence-corrected chi connectivity index (χ2v) is 4.02. The van der Waals surface area contributed by atoms with Crippen molar-refractivity contribution in [3.8, 4) is 6.07 Å². The molecule has 0 fully saturated rings. The molecule has 0 saturated heterocycles. The number of rotatable bonds is 3. The van der Waals surface area contributed by atoms with E-state index in [1.807, 2.05) is 12.1 Å². The number of benzene rings is 1. The van der Waals surface area contributed by atoms with Gasteiger partial charge < -0.3 is 5.73 Å². The number of nitrogens with zero attached hydrogens (tertiary/aromatic N) is 2. The second-order valence-electron chi connectivity index (χ2n) is 4.02. The van der Waals surface area contributed by atoms with E-state index in [-0.39, 0.29) is 11.6 Å². The molecule has 1 aromatic carbocycles. The molecular weight excluding hydrogens is 229 g/mol. The Morgan fingerprint density at radius 2 is 2.22 bits per heavy atom. The van der Waals surface area contributed by atoms with Gasteiger partial charge in [0.05, 0.1) is 5.56 Å². The molecule has 1 atom stereocenters. The van der Waals surface area contributed by atoms with E-state index in [1.165, 1.54) is 12.1 Å². The normalized spacial score (nSPS) is 11.8. The standard InChI is InChI=1S/C14H12FN3/c15-13-6-10(3-4-11(13)8-16)7-14(17)12-2-1-5-18-9-12/h1-6,9,14H,7,17H2. The Hall–Kier alpha value is -2.25. The van der Waals surface area contributed by atoms with Gasteiger partial charge in [0, 0.05) is 18.4 Å². The number of nitriles is 1. The maximum atomic E-state index is 13.4. The topological polar surface area (TPSA) is 62.7 Å². The third-order valence-electron chi connectivity index (χ3n) is 2.72. The molecule has 0 spiro atoms. The summed E-state index contributed by atoms with van der Waals surface area (Å²) in [7, 11) is 0. The average molecular weight is 241 g/mol. The Kier molecular flexibility index (Phi) is 3.66. The van der Waals surface area contributed by atoms with Crippen LogP contribution in [-0.2, 0) is 6.42 Å². The molecule has 2 rings (SSSR count). The van der Waals surface area contributed by atoms with Crippen LogP contribution in [0.4, 0.5) is 4.39 Å². The quantitative estimate of drug-likeness (QED) is 0.897. The van der Waals surface area contributed by atoms with E-state index in [1.54, 1.807) is 24.5 Å². The van der Waals surface area contributed by atoms with Crippen molar-refractivity contribution in [1.29, 1.82) is 5.26 Å². The summed E-state index contributed by atoms with van der Waals surface area (Å²) in [6.07, 6.45) is 3.89. The molecule has 4 heteroatoms. The molecular formula is C14H12FN3. The summed E-state index contributed by atoms with van der Waals surface area (Å²) in [6.45, 7) is 0. The minimum atomic E-state index is -0.506. The van der Waals surface area contributed by atoms with Crippen molar-refractivity contribution < 1.29 is 4.39 Å². The SMILES string of the molecule is N#Cc1ccc(CC(N)c2cccnc2)cc1F. The van der Waals surface area contributed by atoms with Gasteiger partial charge >= 0.3 is 0 Å². The molecule has 2 aromatic rings. The lowest BCUT2D eigenvalue weighted by Gasteiger charge is -2.11. The number of aromatic nitrogens is 1. The van der Waals surface area contributed by atoms with Gasteiger partial charge in [-0.25, -0.2) is 4.39 Å². The number of hydrogen-bond acceptors (Lipinski definition) is 3. The molecule has 2 N–H and O–H groups in total. The fraction of sp³-hybridized carbons (Fsp3) is 0.143. The van der Waals surface area contributed by atoms with Crippen molar-refractivity contribution in [1.82, 2.24) is 4.98 Å². The maximum Gasteiger partial charge on any atom is 0.141 e. The smallest absolute Gasteiger partial charge is 0.141 e. The van der Waals surface area contributed by atoms with Gasteiger partial charge in [-0.05, 0) is 35.7 Å².